The molecule has 32 heavy (non-hydrogen) atoms. The number of fused-ring (bicyclic) bond motifs is 1. The molecule has 172 valence electrons. The minimum absolute atomic E-state index is 0.0760. The Morgan fingerprint density at radius 2 is 2.03 bits per heavy atom. The zero-order valence-electron chi connectivity index (χ0n) is 18.3. The molecule has 1 aliphatic rings. The summed E-state index contributed by atoms with van der Waals surface area (Å²) in [5.41, 5.74) is 3.51. The fourth-order valence-electron chi connectivity index (χ4n) is 3.79. The highest BCUT2D eigenvalue weighted by Crippen LogP contribution is 2.20. The molecule has 0 aromatic carbocycles. The summed E-state index contributed by atoms with van der Waals surface area (Å²) in [6.45, 7) is 2.10. The van der Waals surface area contributed by atoms with Gasteiger partial charge in [-0.2, -0.15) is 10.2 Å². The van der Waals surface area contributed by atoms with Gasteiger partial charge in [-0.25, -0.2) is 9.18 Å². The zero-order chi connectivity index (χ0) is 22.9. The summed E-state index contributed by atoms with van der Waals surface area (Å²) in [6.07, 6.45) is 8.19. The Balaban J connectivity index is 1.36. The average Bonchev–Trinajstić information content (AvgIpc) is 2.77. The molecule has 1 unspecified atom stereocenters. The van der Waals surface area contributed by atoms with Crippen molar-refractivity contribution in [3.63, 3.8) is 0 Å². The molecule has 0 bridgehead atoms. The lowest BCUT2D eigenvalue weighted by Crippen LogP contribution is -2.42. The highest BCUT2D eigenvalue weighted by molar-refractivity contribution is 5.97. The Morgan fingerprint density at radius 1 is 1.22 bits per heavy atom. The molecule has 2 aromatic heterocycles. The molecule has 0 fully saturated rings. The standard InChI is InChI=1S/C23H29FN4O4/c1-15-21(18(24)14-25-28-15)22(29)27-20(23(30)31)11-13-32-12-5-4-7-17-10-9-16-6-2-3-8-19(16)26-17/h9-10,14,20H,2-8,11-13H2,1H3,(H,27,29)(H,30,31). The third kappa shape index (κ3) is 6.53. The van der Waals surface area contributed by atoms with E-state index in [0.717, 1.165) is 44.0 Å². The molecule has 3 rings (SSSR count). The van der Waals surface area contributed by atoms with E-state index >= 15 is 0 Å². The van der Waals surface area contributed by atoms with E-state index in [1.165, 1.54) is 31.0 Å². The van der Waals surface area contributed by atoms with Crippen LogP contribution < -0.4 is 5.32 Å². The molecule has 0 aliphatic heterocycles. The van der Waals surface area contributed by atoms with Crippen molar-refractivity contribution in [3.8, 4) is 0 Å². The number of hydrogen-bond acceptors (Lipinski definition) is 6. The van der Waals surface area contributed by atoms with Crippen LogP contribution in [0.1, 0.15) is 65.1 Å². The van der Waals surface area contributed by atoms with Crippen molar-refractivity contribution >= 4 is 11.9 Å². The molecule has 2 N–H and O–H groups in total. The van der Waals surface area contributed by atoms with Crippen molar-refractivity contribution in [2.75, 3.05) is 13.2 Å². The molecule has 0 saturated heterocycles. The number of nitrogens with one attached hydrogen (secondary N) is 1. The van der Waals surface area contributed by atoms with E-state index in [0.29, 0.717) is 6.61 Å². The lowest BCUT2D eigenvalue weighted by molar-refractivity contribution is -0.139. The van der Waals surface area contributed by atoms with Gasteiger partial charge in [-0.1, -0.05) is 6.07 Å². The Labute approximate surface area is 186 Å². The molecule has 0 radical (unpaired) electrons. The largest absolute Gasteiger partial charge is 0.480 e. The van der Waals surface area contributed by atoms with Gasteiger partial charge in [0.1, 0.15) is 6.04 Å². The molecule has 0 spiro atoms. The number of carbonyl (C=O) groups is 2. The number of rotatable bonds is 11. The second-order valence-electron chi connectivity index (χ2n) is 7.99. The minimum atomic E-state index is -1.21. The van der Waals surface area contributed by atoms with Crippen LogP contribution in [0.3, 0.4) is 0 Å². The molecule has 2 aromatic rings. The van der Waals surface area contributed by atoms with Crippen molar-refractivity contribution < 1.29 is 23.8 Å². The van der Waals surface area contributed by atoms with E-state index < -0.39 is 23.7 Å². The van der Waals surface area contributed by atoms with Crippen LogP contribution in [0.4, 0.5) is 4.39 Å². The monoisotopic (exact) mass is 444 g/mol. The van der Waals surface area contributed by atoms with Gasteiger partial charge in [0.15, 0.2) is 5.82 Å². The number of aryl methyl sites for hydroxylation is 4. The highest BCUT2D eigenvalue weighted by Gasteiger charge is 2.24. The van der Waals surface area contributed by atoms with Crippen LogP contribution in [0.5, 0.6) is 0 Å². The summed E-state index contributed by atoms with van der Waals surface area (Å²) in [5, 5.41) is 18.7. The van der Waals surface area contributed by atoms with Crippen LogP contribution in [0.15, 0.2) is 18.3 Å². The van der Waals surface area contributed by atoms with Crippen molar-refractivity contribution in [3.05, 3.63) is 52.4 Å². The first-order chi connectivity index (χ1) is 15.5. The molecule has 1 amide bonds. The topological polar surface area (TPSA) is 114 Å². The van der Waals surface area contributed by atoms with Crippen molar-refractivity contribution in [1.82, 2.24) is 20.5 Å². The predicted molar refractivity (Wildman–Crippen MR) is 115 cm³/mol. The van der Waals surface area contributed by atoms with E-state index in [2.05, 4.69) is 27.6 Å². The maximum absolute atomic E-state index is 13.8. The summed E-state index contributed by atoms with van der Waals surface area (Å²) in [6, 6.07) is 3.12. The lowest BCUT2D eigenvalue weighted by atomic mass is 9.95. The van der Waals surface area contributed by atoms with Gasteiger partial charge in [0.25, 0.3) is 5.91 Å². The molecule has 8 nitrogen and oxygen atoms in total. The number of carboxylic acids is 1. The summed E-state index contributed by atoms with van der Waals surface area (Å²) in [7, 11) is 0. The number of hydrogen-bond donors (Lipinski definition) is 2. The number of amides is 1. The molecular formula is C23H29FN4O4. The number of nitrogens with zero attached hydrogens (tertiary/aromatic N) is 3. The van der Waals surface area contributed by atoms with E-state index in [4.69, 9.17) is 9.72 Å². The summed E-state index contributed by atoms with van der Waals surface area (Å²) < 4.78 is 19.4. The van der Waals surface area contributed by atoms with Crippen LogP contribution >= 0.6 is 0 Å². The number of ether oxygens (including phenoxy) is 1. The van der Waals surface area contributed by atoms with Crippen LogP contribution in [-0.2, 0) is 28.8 Å². The van der Waals surface area contributed by atoms with Gasteiger partial charge in [0, 0.05) is 31.0 Å². The Hall–Kier alpha value is -2.94. The molecule has 0 saturated carbocycles. The van der Waals surface area contributed by atoms with Gasteiger partial charge >= 0.3 is 5.97 Å². The average molecular weight is 445 g/mol. The van der Waals surface area contributed by atoms with Crippen LogP contribution in [0.2, 0.25) is 0 Å². The molecule has 1 aliphatic carbocycles. The van der Waals surface area contributed by atoms with Gasteiger partial charge in [0.05, 0.1) is 17.5 Å². The van der Waals surface area contributed by atoms with E-state index in [1.807, 2.05) is 0 Å². The lowest BCUT2D eigenvalue weighted by Gasteiger charge is -2.16. The quantitative estimate of drug-likeness (QED) is 0.512. The molecule has 2 heterocycles. The Morgan fingerprint density at radius 3 is 2.81 bits per heavy atom. The van der Waals surface area contributed by atoms with Crippen molar-refractivity contribution in [1.29, 1.82) is 0 Å². The van der Waals surface area contributed by atoms with E-state index in [1.54, 1.807) is 0 Å². The number of pyridine rings is 1. The second-order valence-corrected chi connectivity index (χ2v) is 7.99. The number of unbranched alkanes of at least 4 members (excludes halogenated alkanes) is 1. The normalized spacial score (nSPS) is 13.9. The number of halogens is 1. The number of aliphatic carboxylic acids is 1. The second kappa shape index (κ2) is 11.6. The third-order valence-corrected chi connectivity index (χ3v) is 5.57. The SMILES string of the molecule is Cc1nncc(F)c1C(=O)NC(CCOCCCCc1ccc2c(n1)CCCC2)C(=O)O. The van der Waals surface area contributed by atoms with Crippen LogP contribution in [-0.4, -0.2) is 51.4 Å². The van der Waals surface area contributed by atoms with Crippen LogP contribution in [0.25, 0.3) is 0 Å². The first-order valence-corrected chi connectivity index (χ1v) is 11.0. The minimum Gasteiger partial charge on any atom is -0.480 e. The summed E-state index contributed by atoms with van der Waals surface area (Å²) in [5.74, 6) is -2.89. The van der Waals surface area contributed by atoms with Gasteiger partial charge in [-0.15, -0.1) is 0 Å². The van der Waals surface area contributed by atoms with E-state index in [-0.39, 0.29) is 24.3 Å². The maximum Gasteiger partial charge on any atom is 0.326 e. The van der Waals surface area contributed by atoms with E-state index in [9.17, 15) is 19.1 Å². The number of carbonyl (C=O) groups excluding carboxylic acids is 1. The van der Waals surface area contributed by atoms with Gasteiger partial charge in [0.2, 0.25) is 0 Å². The first-order valence-electron chi connectivity index (χ1n) is 11.0. The summed E-state index contributed by atoms with van der Waals surface area (Å²) >= 11 is 0. The molecule has 1 atom stereocenters. The smallest absolute Gasteiger partial charge is 0.326 e. The first kappa shape index (κ1) is 23.7. The predicted octanol–water partition coefficient (Wildman–Crippen LogP) is 2.81. The summed E-state index contributed by atoms with van der Waals surface area (Å²) in [4.78, 5) is 28.5. The van der Waals surface area contributed by atoms with Gasteiger partial charge in [-0.3, -0.25) is 9.78 Å². The number of carboxylic acid groups (broad SMARTS) is 1. The third-order valence-electron chi connectivity index (χ3n) is 5.57. The molecule has 9 heteroatoms. The molecular weight excluding hydrogens is 415 g/mol. The van der Waals surface area contributed by atoms with Crippen LogP contribution in [0, 0.1) is 12.7 Å². The van der Waals surface area contributed by atoms with Gasteiger partial charge < -0.3 is 15.2 Å². The van der Waals surface area contributed by atoms with Gasteiger partial charge in [-0.05, 0) is 63.5 Å². The van der Waals surface area contributed by atoms with Crippen molar-refractivity contribution in [2.45, 2.75) is 64.3 Å². The zero-order valence-corrected chi connectivity index (χ0v) is 18.3. The number of aromatic nitrogens is 3. The Bertz CT molecular complexity index is 933. The van der Waals surface area contributed by atoms with Crippen molar-refractivity contribution in [2.24, 2.45) is 0 Å². The highest BCUT2D eigenvalue weighted by atomic mass is 19.1. The maximum atomic E-state index is 13.8. The fraction of sp³-hybridized carbons (Fsp3) is 0.522. The fourth-order valence-corrected chi connectivity index (χ4v) is 3.79. The Kier molecular flexibility index (Phi) is 8.61.